The molecule has 5 atom stereocenters. The minimum Gasteiger partial charge on any atom is -0.353 e. The summed E-state index contributed by atoms with van der Waals surface area (Å²) in [6.45, 7) is 8.43. The molecule has 3 aromatic rings. The summed E-state index contributed by atoms with van der Waals surface area (Å²) in [7, 11) is 0. The molecule has 186 valence electrons. The largest absolute Gasteiger partial charge is 0.353 e. The van der Waals surface area contributed by atoms with Gasteiger partial charge in [-0.2, -0.15) is 0 Å². The monoisotopic (exact) mass is 480 g/mol. The molecule has 3 fully saturated rings. The summed E-state index contributed by atoms with van der Waals surface area (Å²) >= 11 is 0. The molecule has 3 saturated heterocycles. The zero-order valence-electron chi connectivity index (χ0n) is 20.6. The van der Waals surface area contributed by atoms with E-state index in [2.05, 4.69) is 54.6 Å². The average Bonchev–Trinajstić information content (AvgIpc) is 3.32. The number of rotatable bonds is 6. The summed E-state index contributed by atoms with van der Waals surface area (Å²) in [5.41, 5.74) is 1.16. The van der Waals surface area contributed by atoms with Crippen LogP contribution < -0.4 is 0 Å². The van der Waals surface area contributed by atoms with Crippen molar-refractivity contribution in [2.75, 3.05) is 13.4 Å². The standard InChI is InChI=1S/C28H32O7/c1-27(2)32-23-22(31-26-25(24(23)33-27)34-28(3,4)35-26)15-30-16-29-14-21-19-11-7-5-9-17(19)13-18-10-6-8-12-20(18)21/h5-13,22-26H,14-16H2,1-4H3/t22-,23+,24+,25-,26-/m1/s1. The highest BCUT2D eigenvalue weighted by molar-refractivity contribution is 6.02. The second-order valence-corrected chi connectivity index (χ2v) is 10.3. The lowest BCUT2D eigenvalue weighted by Gasteiger charge is -2.37. The number of ether oxygens (including phenoxy) is 7. The van der Waals surface area contributed by atoms with Crippen LogP contribution in [0, 0.1) is 0 Å². The number of benzene rings is 3. The molecule has 3 aromatic carbocycles. The van der Waals surface area contributed by atoms with Crippen LogP contribution in [0.25, 0.3) is 21.5 Å². The molecule has 0 amide bonds. The van der Waals surface area contributed by atoms with Crippen LogP contribution in [-0.4, -0.2) is 55.7 Å². The van der Waals surface area contributed by atoms with Crippen LogP contribution >= 0.6 is 0 Å². The number of hydrogen-bond acceptors (Lipinski definition) is 7. The lowest BCUT2D eigenvalue weighted by Crippen LogP contribution is -2.56. The van der Waals surface area contributed by atoms with E-state index in [1.807, 2.05) is 27.7 Å². The van der Waals surface area contributed by atoms with E-state index in [0.717, 1.165) is 5.56 Å². The first kappa shape index (κ1) is 23.3. The molecule has 0 N–H and O–H groups in total. The van der Waals surface area contributed by atoms with Gasteiger partial charge in [0.1, 0.15) is 31.2 Å². The third-order valence-corrected chi connectivity index (χ3v) is 6.83. The second kappa shape index (κ2) is 8.78. The summed E-state index contributed by atoms with van der Waals surface area (Å²) < 4.78 is 42.4. The van der Waals surface area contributed by atoms with Gasteiger partial charge in [-0.1, -0.05) is 48.5 Å². The zero-order chi connectivity index (χ0) is 24.2. The van der Waals surface area contributed by atoms with E-state index >= 15 is 0 Å². The van der Waals surface area contributed by atoms with Crippen LogP contribution in [-0.2, 0) is 39.8 Å². The van der Waals surface area contributed by atoms with Gasteiger partial charge in [-0.25, -0.2) is 0 Å². The molecule has 3 heterocycles. The van der Waals surface area contributed by atoms with Gasteiger partial charge in [-0.05, 0) is 60.9 Å². The van der Waals surface area contributed by atoms with Gasteiger partial charge in [0.15, 0.2) is 17.9 Å². The van der Waals surface area contributed by atoms with E-state index in [9.17, 15) is 0 Å². The molecule has 0 aliphatic carbocycles. The minimum atomic E-state index is -0.740. The highest BCUT2D eigenvalue weighted by Gasteiger charge is 2.60. The molecule has 0 radical (unpaired) electrons. The second-order valence-electron chi connectivity index (χ2n) is 10.3. The normalized spacial score (nSPS) is 31.0. The van der Waals surface area contributed by atoms with Crippen molar-refractivity contribution in [3.8, 4) is 0 Å². The molecule has 7 nitrogen and oxygen atoms in total. The van der Waals surface area contributed by atoms with E-state index in [1.165, 1.54) is 21.5 Å². The van der Waals surface area contributed by atoms with Crippen molar-refractivity contribution in [1.29, 1.82) is 0 Å². The Morgan fingerprint density at radius 3 is 2.03 bits per heavy atom. The van der Waals surface area contributed by atoms with Crippen LogP contribution in [0.4, 0.5) is 0 Å². The van der Waals surface area contributed by atoms with Gasteiger partial charge >= 0.3 is 0 Å². The Hall–Kier alpha value is -2.10. The maximum atomic E-state index is 6.20. The molecule has 35 heavy (non-hydrogen) atoms. The lowest BCUT2D eigenvalue weighted by molar-refractivity contribution is -0.247. The SMILES string of the molecule is CC1(C)O[C@H]2[C@@H](O1)[C@@H](COCOCc1c3ccccc3cc3ccccc13)O[C@@H]1OC(C)(C)O[C@@H]12. The third kappa shape index (κ3) is 4.47. The zero-order valence-corrected chi connectivity index (χ0v) is 20.6. The average molecular weight is 481 g/mol. The first-order chi connectivity index (χ1) is 16.8. The van der Waals surface area contributed by atoms with Crippen molar-refractivity contribution in [3.05, 3.63) is 60.2 Å². The van der Waals surface area contributed by atoms with E-state index in [-0.39, 0.29) is 31.2 Å². The molecular formula is C28H32O7. The fourth-order valence-corrected chi connectivity index (χ4v) is 5.46. The maximum absolute atomic E-state index is 6.20. The van der Waals surface area contributed by atoms with Gasteiger partial charge in [-0.15, -0.1) is 0 Å². The highest BCUT2D eigenvalue weighted by atomic mass is 16.9. The van der Waals surface area contributed by atoms with Crippen LogP contribution in [0.2, 0.25) is 0 Å². The molecule has 0 unspecified atom stereocenters. The fourth-order valence-electron chi connectivity index (χ4n) is 5.46. The Bertz CT molecular complexity index is 1170. The predicted molar refractivity (Wildman–Crippen MR) is 130 cm³/mol. The van der Waals surface area contributed by atoms with Crippen molar-refractivity contribution in [2.45, 2.75) is 76.6 Å². The topological polar surface area (TPSA) is 64.6 Å². The molecule has 3 aliphatic heterocycles. The van der Waals surface area contributed by atoms with Crippen LogP contribution in [0.5, 0.6) is 0 Å². The summed E-state index contributed by atoms with van der Waals surface area (Å²) in [6.07, 6.45) is -1.83. The van der Waals surface area contributed by atoms with Gasteiger partial charge in [0.2, 0.25) is 0 Å². The highest BCUT2D eigenvalue weighted by Crippen LogP contribution is 2.44. The number of hydrogen-bond donors (Lipinski definition) is 0. The Kier molecular flexibility index (Phi) is 5.85. The quantitative estimate of drug-likeness (QED) is 0.283. The van der Waals surface area contributed by atoms with E-state index in [4.69, 9.17) is 33.2 Å². The molecule has 0 bridgehead atoms. The molecule has 6 rings (SSSR count). The molecular weight excluding hydrogens is 448 g/mol. The number of fused-ring (bicyclic) bond motifs is 5. The van der Waals surface area contributed by atoms with Crippen molar-refractivity contribution < 1.29 is 33.2 Å². The Morgan fingerprint density at radius 1 is 0.714 bits per heavy atom. The van der Waals surface area contributed by atoms with Crippen molar-refractivity contribution in [2.24, 2.45) is 0 Å². The van der Waals surface area contributed by atoms with Gasteiger partial charge in [0.25, 0.3) is 0 Å². The van der Waals surface area contributed by atoms with Crippen LogP contribution in [0.3, 0.4) is 0 Å². The van der Waals surface area contributed by atoms with E-state index < -0.39 is 17.9 Å². The first-order valence-electron chi connectivity index (χ1n) is 12.2. The fraction of sp³-hybridized carbons (Fsp3) is 0.500. The maximum Gasteiger partial charge on any atom is 0.190 e. The summed E-state index contributed by atoms with van der Waals surface area (Å²) in [5, 5.41) is 4.78. The van der Waals surface area contributed by atoms with Crippen molar-refractivity contribution in [3.63, 3.8) is 0 Å². The third-order valence-electron chi connectivity index (χ3n) is 6.83. The smallest absolute Gasteiger partial charge is 0.190 e. The first-order valence-corrected chi connectivity index (χ1v) is 12.2. The van der Waals surface area contributed by atoms with Gasteiger partial charge in [0.05, 0.1) is 13.2 Å². The van der Waals surface area contributed by atoms with Gasteiger partial charge in [-0.3, -0.25) is 0 Å². The summed E-state index contributed by atoms with van der Waals surface area (Å²) in [4.78, 5) is 0. The summed E-state index contributed by atoms with van der Waals surface area (Å²) in [5.74, 6) is -1.47. The van der Waals surface area contributed by atoms with E-state index in [0.29, 0.717) is 13.2 Å². The predicted octanol–water partition coefficient (Wildman–Crippen LogP) is 4.88. The molecule has 0 saturated carbocycles. The minimum absolute atomic E-state index is 0.135. The van der Waals surface area contributed by atoms with Gasteiger partial charge in [0, 0.05) is 0 Å². The Morgan fingerprint density at radius 2 is 1.31 bits per heavy atom. The molecule has 0 spiro atoms. The Balaban J connectivity index is 1.12. The Labute approximate surface area is 205 Å². The van der Waals surface area contributed by atoms with Crippen molar-refractivity contribution >= 4 is 21.5 Å². The molecule has 7 heteroatoms. The van der Waals surface area contributed by atoms with Crippen molar-refractivity contribution in [1.82, 2.24) is 0 Å². The van der Waals surface area contributed by atoms with Gasteiger partial charge < -0.3 is 33.2 Å². The van der Waals surface area contributed by atoms with Crippen LogP contribution in [0.1, 0.15) is 33.3 Å². The summed E-state index contributed by atoms with van der Waals surface area (Å²) in [6, 6.07) is 19.0. The molecule has 0 aromatic heterocycles. The lowest BCUT2D eigenvalue weighted by atomic mass is 9.97. The van der Waals surface area contributed by atoms with E-state index in [1.54, 1.807) is 0 Å². The van der Waals surface area contributed by atoms with Crippen LogP contribution in [0.15, 0.2) is 54.6 Å². The molecule has 3 aliphatic rings.